The van der Waals surface area contributed by atoms with Crippen LogP contribution in [0, 0.1) is 5.92 Å². The Bertz CT molecular complexity index is 643. The monoisotopic (exact) mass is 344 g/mol. The summed E-state index contributed by atoms with van der Waals surface area (Å²) in [4.78, 5) is 15.7. The zero-order valence-electron chi connectivity index (χ0n) is 14.1. The molecule has 128 valence electrons. The molecule has 4 nitrogen and oxygen atoms in total. The van der Waals surface area contributed by atoms with Crippen molar-refractivity contribution in [1.29, 1.82) is 0 Å². The quantitative estimate of drug-likeness (QED) is 0.909. The highest BCUT2D eigenvalue weighted by atomic mass is 32.1. The first kappa shape index (κ1) is 17.0. The molecule has 1 aromatic heterocycles. The third-order valence-electron chi connectivity index (χ3n) is 4.32. The number of thiophene rings is 1. The number of hydrogen-bond donors (Lipinski definition) is 1. The number of rotatable bonds is 4. The fraction of sp³-hybridized carbons (Fsp3) is 0.421. The fourth-order valence-corrected chi connectivity index (χ4v) is 3.51. The maximum Gasteiger partial charge on any atom is 0.317 e. The molecule has 1 N–H and O–H groups in total. The molecule has 2 amide bonds. The van der Waals surface area contributed by atoms with Crippen molar-refractivity contribution in [3.8, 4) is 0 Å². The topological polar surface area (TPSA) is 41.6 Å². The predicted molar refractivity (Wildman–Crippen MR) is 97.0 cm³/mol. The normalized spacial score (nSPS) is 21.0. The van der Waals surface area contributed by atoms with Crippen LogP contribution >= 0.6 is 11.3 Å². The van der Waals surface area contributed by atoms with Gasteiger partial charge < -0.3 is 15.0 Å². The summed E-state index contributed by atoms with van der Waals surface area (Å²) in [7, 11) is 0. The van der Waals surface area contributed by atoms with Gasteiger partial charge >= 0.3 is 6.03 Å². The van der Waals surface area contributed by atoms with Gasteiger partial charge in [-0.05, 0) is 22.9 Å². The molecule has 0 saturated carbocycles. The SMILES string of the molecule is CC(C)[C@H]1CN(C(=O)NCc2cccs2)C[C@@H](c2ccccc2)O1. The number of hydrogen-bond acceptors (Lipinski definition) is 3. The van der Waals surface area contributed by atoms with Gasteiger partial charge in [0.25, 0.3) is 0 Å². The minimum absolute atomic E-state index is 0.0155. The van der Waals surface area contributed by atoms with Gasteiger partial charge in [0.2, 0.25) is 0 Å². The highest BCUT2D eigenvalue weighted by molar-refractivity contribution is 7.09. The van der Waals surface area contributed by atoms with E-state index in [0.29, 0.717) is 25.6 Å². The van der Waals surface area contributed by atoms with Crippen molar-refractivity contribution in [1.82, 2.24) is 10.2 Å². The lowest BCUT2D eigenvalue weighted by Crippen LogP contribution is -2.51. The Morgan fingerprint density at radius 2 is 2.04 bits per heavy atom. The Hall–Kier alpha value is -1.85. The van der Waals surface area contributed by atoms with Crippen molar-refractivity contribution in [2.24, 2.45) is 5.92 Å². The van der Waals surface area contributed by atoms with E-state index in [1.54, 1.807) is 11.3 Å². The fourth-order valence-electron chi connectivity index (χ4n) is 2.86. The largest absolute Gasteiger partial charge is 0.366 e. The molecule has 3 rings (SSSR count). The van der Waals surface area contributed by atoms with Gasteiger partial charge in [-0.2, -0.15) is 0 Å². The standard InChI is InChI=1S/C19H24N2O2S/c1-14(2)17-12-21(19(22)20-11-16-9-6-10-24-16)13-18(23-17)15-7-4-3-5-8-15/h3-10,14,17-18H,11-13H2,1-2H3,(H,20,22)/t17-,18+/m1/s1. The number of carbonyl (C=O) groups is 1. The Labute approximate surface area is 147 Å². The second-order valence-corrected chi connectivity index (χ2v) is 7.49. The molecule has 2 atom stereocenters. The number of morpholine rings is 1. The van der Waals surface area contributed by atoms with E-state index in [0.717, 1.165) is 10.4 Å². The molecule has 2 heterocycles. The molecule has 0 spiro atoms. The molecule has 0 radical (unpaired) electrons. The van der Waals surface area contributed by atoms with Crippen LogP contribution in [0.25, 0.3) is 0 Å². The molecule has 1 fully saturated rings. The molecule has 24 heavy (non-hydrogen) atoms. The summed E-state index contributed by atoms with van der Waals surface area (Å²) in [5.74, 6) is 0.365. The number of carbonyl (C=O) groups excluding carboxylic acids is 1. The Balaban J connectivity index is 1.68. The van der Waals surface area contributed by atoms with E-state index >= 15 is 0 Å². The summed E-state index contributed by atoms with van der Waals surface area (Å²) in [6.45, 7) is 6.08. The third-order valence-corrected chi connectivity index (χ3v) is 5.20. The maximum atomic E-state index is 12.6. The van der Waals surface area contributed by atoms with Gasteiger partial charge in [-0.25, -0.2) is 4.79 Å². The van der Waals surface area contributed by atoms with Crippen LogP contribution in [0.1, 0.15) is 30.4 Å². The van der Waals surface area contributed by atoms with Crippen LogP contribution in [0.2, 0.25) is 0 Å². The number of urea groups is 1. The third kappa shape index (κ3) is 4.16. The second-order valence-electron chi connectivity index (χ2n) is 6.46. The first-order valence-electron chi connectivity index (χ1n) is 8.39. The molecular formula is C19H24N2O2S. The number of nitrogens with one attached hydrogen (secondary N) is 1. The number of benzene rings is 1. The number of ether oxygens (including phenoxy) is 1. The molecule has 5 heteroatoms. The minimum Gasteiger partial charge on any atom is -0.366 e. The van der Waals surface area contributed by atoms with Crippen LogP contribution in [0.15, 0.2) is 47.8 Å². The summed E-state index contributed by atoms with van der Waals surface area (Å²) in [6, 6.07) is 14.2. The first-order valence-corrected chi connectivity index (χ1v) is 9.27. The Morgan fingerprint density at radius 1 is 1.25 bits per heavy atom. The van der Waals surface area contributed by atoms with Gasteiger partial charge in [0.1, 0.15) is 6.10 Å². The van der Waals surface area contributed by atoms with Crippen LogP contribution < -0.4 is 5.32 Å². The van der Waals surface area contributed by atoms with Crippen molar-refractivity contribution in [2.75, 3.05) is 13.1 Å². The average molecular weight is 344 g/mol. The smallest absolute Gasteiger partial charge is 0.317 e. The minimum atomic E-state index is -0.0696. The van der Waals surface area contributed by atoms with Crippen LogP contribution in [-0.2, 0) is 11.3 Å². The summed E-state index contributed by atoms with van der Waals surface area (Å²) in [5, 5.41) is 5.05. The summed E-state index contributed by atoms with van der Waals surface area (Å²) in [5.41, 5.74) is 1.12. The highest BCUT2D eigenvalue weighted by Gasteiger charge is 2.32. The van der Waals surface area contributed by atoms with Crippen molar-refractivity contribution in [3.63, 3.8) is 0 Å². The van der Waals surface area contributed by atoms with E-state index in [1.165, 1.54) is 0 Å². The second kappa shape index (κ2) is 7.81. The molecule has 1 aliphatic rings. The lowest BCUT2D eigenvalue weighted by molar-refractivity contribution is -0.0931. The van der Waals surface area contributed by atoms with Crippen molar-refractivity contribution >= 4 is 17.4 Å². The van der Waals surface area contributed by atoms with Gasteiger partial charge in [-0.15, -0.1) is 11.3 Å². The van der Waals surface area contributed by atoms with Crippen molar-refractivity contribution < 1.29 is 9.53 Å². The van der Waals surface area contributed by atoms with Crippen LogP contribution in [0.4, 0.5) is 4.79 Å². The van der Waals surface area contributed by atoms with Gasteiger partial charge in [0, 0.05) is 11.4 Å². The van der Waals surface area contributed by atoms with Crippen LogP contribution in [0.3, 0.4) is 0 Å². The van der Waals surface area contributed by atoms with Gasteiger partial charge in [0.05, 0.1) is 19.2 Å². The zero-order chi connectivity index (χ0) is 16.9. The zero-order valence-corrected chi connectivity index (χ0v) is 15.0. The summed E-state index contributed by atoms with van der Waals surface area (Å²) < 4.78 is 6.25. The molecule has 1 aliphatic heterocycles. The number of nitrogens with zero attached hydrogens (tertiary/aromatic N) is 1. The number of amides is 2. The molecular weight excluding hydrogens is 320 g/mol. The molecule has 2 aromatic rings. The molecule has 1 aromatic carbocycles. The Kier molecular flexibility index (Phi) is 5.53. The van der Waals surface area contributed by atoms with E-state index in [2.05, 4.69) is 31.3 Å². The van der Waals surface area contributed by atoms with Crippen molar-refractivity contribution in [2.45, 2.75) is 32.6 Å². The van der Waals surface area contributed by atoms with E-state index in [4.69, 9.17) is 4.74 Å². The van der Waals surface area contributed by atoms with Gasteiger partial charge in [-0.3, -0.25) is 0 Å². The van der Waals surface area contributed by atoms with E-state index in [1.807, 2.05) is 40.6 Å². The highest BCUT2D eigenvalue weighted by Crippen LogP contribution is 2.28. The van der Waals surface area contributed by atoms with Gasteiger partial charge in [0.15, 0.2) is 0 Å². The van der Waals surface area contributed by atoms with E-state index in [-0.39, 0.29) is 18.2 Å². The lowest BCUT2D eigenvalue weighted by Gasteiger charge is -2.40. The summed E-state index contributed by atoms with van der Waals surface area (Å²) >= 11 is 1.66. The maximum absolute atomic E-state index is 12.6. The van der Waals surface area contributed by atoms with E-state index in [9.17, 15) is 4.79 Å². The average Bonchev–Trinajstić information content (AvgIpc) is 3.13. The summed E-state index contributed by atoms with van der Waals surface area (Å²) in [6.07, 6.45) is -0.0173. The van der Waals surface area contributed by atoms with Crippen molar-refractivity contribution in [3.05, 3.63) is 58.3 Å². The Morgan fingerprint density at radius 3 is 2.71 bits per heavy atom. The molecule has 0 unspecified atom stereocenters. The first-order chi connectivity index (χ1) is 11.6. The molecule has 0 bridgehead atoms. The van der Waals surface area contributed by atoms with E-state index < -0.39 is 0 Å². The van der Waals surface area contributed by atoms with Gasteiger partial charge in [-0.1, -0.05) is 50.2 Å². The van der Waals surface area contributed by atoms with Crippen LogP contribution in [0.5, 0.6) is 0 Å². The molecule has 1 saturated heterocycles. The molecule has 0 aliphatic carbocycles. The lowest BCUT2D eigenvalue weighted by atomic mass is 10.0. The predicted octanol–water partition coefficient (Wildman–Crippen LogP) is 4.06. The van der Waals surface area contributed by atoms with Crippen LogP contribution in [-0.4, -0.2) is 30.1 Å².